The molecule has 3 N–H and O–H groups in total. The Labute approximate surface area is 130 Å². The highest BCUT2D eigenvalue weighted by atomic mass is 79.9. The number of amides is 1. The van der Waals surface area contributed by atoms with Gasteiger partial charge < -0.3 is 20.2 Å². The van der Waals surface area contributed by atoms with E-state index in [0.717, 1.165) is 0 Å². The van der Waals surface area contributed by atoms with Crippen molar-refractivity contribution in [2.24, 2.45) is 0 Å². The summed E-state index contributed by atoms with van der Waals surface area (Å²) in [6.07, 6.45) is 1.53. The smallest absolute Gasteiger partial charge is 0.291 e. The zero-order chi connectivity index (χ0) is 15.5. The summed E-state index contributed by atoms with van der Waals surface area (Å²) in [4.78, 5) is 16.1. The normalized spacial score (nSPS) is 11.2. The SMILES string of the molecule is CC(C)(CO)Nc1ccc(NC(=O)c2ccc(Br)o2)cn1. The summed E-state index contributed by atoms with van der Waals surface area (Å²) in [5.74, 6) is 0.483. The zero-order valence-electron chi connectivity index (χ0n) is 11.7. The fourth-order valence-corrected chi connectivity index (χ4v) is 1.86. The van der Waals surface area contributed by atoms with E-state index >= 15 is 0 Å². The van der Waals surface area contributed by atoms with E-state index in [2.05, 4.69) is 31.5 Å². The Bertz CT molecular complexity index is 623. The van der Waals surface area contributed by atoms with Crippen LogP contribution in [-0.2, 0) is 0 Å². The summed E-state index contributed by atoms with van der Waals surface area (Å²) >= 11 is 3.14. The molecule has 0 bridgehead atoms. The molecule has 21 heavy (non-hydrogen) atoms. The summed E-state index contributed by atoms with van der Waals surface area (Å²) in [7, 11) is 0. The molecule has 2 rings (SSSR count). The van der Waals surface area contributed by atoms with Crippen LogP contribution in [0.3, 0.4) is 0 Å². The quantitative estimate of drug-likeness (QED) is 0.769. The second-order valence-corrected chi connectivity index (χ2v) is 5.94. The van der Waals surface area contributed by atoms with Gasteiger partial charge in [-0.2, -0.15) is 0 Å². The number of pyridine rings is 1. The number of furan rings is 1. The second-order valence-electron chi connectivity index (χ2n) is 5.16. The molecule has 2 aromatic rings. The van der Waals surface area contributed by atoms with Gasteiger partial charge in [0, 0.05) is 0 Å². The lowest BCUT2D eigenvalue weighted by Gasteiger charge is -2.24. The molecule has 2 aromatic heterocycles. The molecule has 6 nitrogen and oxygen atoms in total. The van der Waals surface area contributed by atoms with Gasteiger partial charge >= 0.3 is 0 Å². The van der Waals surface area contributed by atoms with Gasteiger partial charge in [-0.15, -0.1) is 0 Å². The highest BCUT2D eigenvalue weighted by Gasteiger charge is 2.16. The molecule has 2 heterocycles. The van der Waals surface area contributed by atoms with E-state index < -0.39 is 5.54 Å². The number of carbonyl (C=O) groups is 1. The van der Waals surface area contributed by atoms with Crippen LogP contribution in [0.5, 0.6) is 0 Å². The number of aromatic nitrogens is 1. The standard InChI is InChI=1S/C14H16BrN3O3/c1-14(2,8-19)18-12-6-3-9(7-16-12)17-13(20)10-4-5-11(15)21-10/h3-7,19H,8H2,1-2H3,(H,16,18)(H,17,20). The van der Waals surface area contributed by atoms with Crippen LogP contribution in [-0.4, -0.2) is 28.1 Å². The first kappa shape index (κ1) is 15.5. The fraction of sp³-hybridized carbons (Fsp3) is 0.286. The van der Waals surface area contributed by atoms with Gasteiger partial charge in [-0.05, 0) is 54.0 Å². The van der Waals surface area contributed by atoms with Gasteiger partial charge in [0.2, 0.25) is 0 Å². The Morgan fingerprint density at radius 3 is 2.67 bits per heavy atom. The van der Waals surface area contributed by atoms with E-state index in [0.29, 0.717) is 16.2 Å². The minimum absolute atomic E-state index is 0.0134. The predicted molar refractivity (Wildman–Crippen MR) is 83.4 cm³/mol. The van der Waals surface area contributed by atoms with Gasteiger partial charge in [-0.1, -0.05) is 0 Å². The van der Waals surface area contributed by atoms with Gasteiger partial charge in [-0.3, -0.25) is 4.79 Å². The lowest BCUT2D eigenvalue weighted by Crippen LogP contribution is -2.35. The van der Waals surface area contributed by atoms with Gasteiger partial charge in [0.1, 0.15) is 5.82 Å². The molecule has 1 amide bonds. The molecule has 0 aromatic carbocycles. The van der Waals surface area contributed by atoms with E-state index in [4.69, 9.17) is 4.42 Å². The highest BCUT2D eigenvalue weighted by molar-refractivity contribution is 9.10. The minimum Gasteiger partial charge on any atom is -0.444 e. The number of nitrogens with zero attached hydrogens (tertiary/aromatic N) is 1. The number of aliphatic hydroxyl groups is 1. The molecule has 7 heteroatoms. The maximum Gasteiger partial charge on any atom is 0.291 e. The number of rotatable bonds is 5. The molecule has 0 atom stereocenters. The van der Waals surface area contributed by atoms with E-state index in [1.807, 2.05) is 13.8 Å². The highest BCUT2D eigenvalue weighted by Crippen LogP contribution is 2.17. The summed E-state index contributed by atoms with van der Waals surface area (Å²) in [5, 5.41) is 15.0. The Morgan fingerprint density at radius 2 is 2.14 bits per heavy atom. The van der Waals surface area contributed by atoms with Crippen LogP contribution in [0.4, 0.5) is 11.5 Å². The first-order valence-corrected chi connectivity index (χ1v) is 7.11. The van der Waals surface area contributed by atoms with Gasteiger partial charge in [0.05, 0.1) is 24.0 Å². The van der Waals surface area contributed by atoms with Crippen molar-refractivity contribution in [2.45, 2.75) is 19.4 Å². The van der Waals surface area contributed by atoms with Crippen molar-refractivity contribution < 1.29 is 14.3 Å². The number of nitrogens with one attached hydrogen (secondary N) is 2. The molecule has 0 fully saturated rings. The van der Waals surface area contributed by atoms with Crippen molar-refractivity contribution in [2.75, 3.05) is 17.2 Å². The van der Waals surface area contributed by atoms with E-state index in [1.165, 1.54) is 6.20 Å². The number of aliphatic hydroxyl groups excluding tert-OH is 1. The Morgan fingerprint density at radius 1 is 1.38 bits per heavy atom. The third-order valence-corrected chi connectivity index (χ3v) is 3.11. The van der Waals surface area contributed by atoms with E-state index in [1.54, 1.807) is 24.3 Å². The van der Waals surface area contributed by atoms with Gasteiger partial charge in [0.25, 0.3) is 5.91 Å². The molecular weight excluding hydrogens is 338 g/mol. The lowest BCUT2D eigenvalue weighted by atomic mass is 10.1. The molecule has 0 aliphatic rings. The molecule has 0 saturated carbocycles. The summed E-state index contributed by atoms with van der Waals surface area (Å²) in [6, 6.07) is 6.67. The third kappa shape index (κ3) is 4.30. The number of halogens is 1. The van der Waals surface area contributed by atoms with Crippen molar-refractivity contribution in [1.29, 1.82) is 0 Å². The van der Waals surface area contributed by atoms with Gasteiger partial charge in [0.15, 0.2) is 10.4 Å². The number of hydrogen-bond acceptors (Lipinski definition) is 5. The Hall–Kier alpha value is -1.86. The Balaban J connectivity index is 2.01. The number of hydrogen-bond donors (Lipinski definition) is 3. The third-order valence-electron chi connectivity index (χ3n) is 2.68. The maximum atomic E-state index is 11.9. The molecule has 0 unspecified atom stereocenters. The van der Waals surface area contributed by atoms with Crippen LogP contribution in [0.1, 0.15) is 24.4 Å². The van der Waals surface area contributed by atoms with Crippen LogP contribution >= 0.6 is 15.9 Å². The van der Waals surface area contributed by atoms with Crippen molar-refractivity contribution >= 4 is 33.3 Å². The number of carbonyl (C=O) groups excluding carboxylic acids is 1. The fourth-order valence-electron chi connectivity index (χ4n) is 1.56. The molecule has 0 aliphatic heterocycles. The molecular formula is C14H16BrN3O3. The molecule has 0 aliphatic carbocycles. The maximum absolute atomic E-state index is 11.9. The van der Waals surface area contributed by atoms with Crippen molar-refractivity contribution in [1.82, 2.24) is 4.98 Å². The van der Waals surface area contributed by atoms with Gasteiger partial charge in [-0.25, -0.2) is 4.98 Å². The molecule has 0 radical (unpaired) electrons. The van der Waals surface area contributed by atoms with Crippen LogP contribution < -0.4 is 10.6 Å². The average Bonchev–Trinajstić information content (AvgIpc) is 2.87. The molecule has 0 spiro atoms. The average molecular weight is 354 g/mol. The zero-order valence-corrected chi connectivity index (χ0v) is 13.3. The van der Waals surface area contributed by atoms with Crippen LogP contribution in [0.25, 0.3) is 0 Å². The topological polar surface area (TPSA) is 87.4 Å². The van der Waals surface area contributed by atoms with Crippen LogP contribution in [0, 0.1) is 0 Å². The summed E-state index contributed by atoms with van der Waals surface area (Å²) < 4.78 is 5.66. The summed E-state index contributed by atoms with van der Waals surface area (Å²) in [6.45, 7) is 3.71. The predicted octanol–water partition coefficient (Wildman–Crippen LogP) is 2.87. The second kappa shape index (κ2) is 6.28. The minimum atomic E-state index is -0.460. The largest absolute Gasteiger partial charge is 0.444 e. The lowest BCUT2D eigenvalue weighted by molar-refractivity contribution is 0.0995. The summed E-state index contributed by atoms with van der Waals surface area (Å²) in [5.41, 5.74) is 0.0953. The van der Waals surface area contributed by atoms with Crippen molar-refractivity contribution in [3.05, 3.63) is 40.9 Å². The van der Waals surface area contributed by atoms with Crippen LogP contribution in [0.2, 0.25) is 0 Å². The molecule has 112 valence electrons. The Kier molecular flexibility index (Phi) is 4.64. The first-order valence-electron chi connectivity index (χ1n) is 6.31. The van der Waals surface area contributed by atoms with Crippen LogP contribution in [0.15, 0.2) is 39.5 Å². The van der Waals surface area contributed by atoms with E-state index in [-0.39, 0.29) is 18.3 Å². The first-order chi connectivity index (χ1) is 9.89. The monoisotopic (exact) mass is 353 g/mol. The molecule has 0 saturated heterocycles. The number of anilines is 2. The van der Waals surface area contributed by atoms with E-state index in [9.17, 15) is 9.90 Å². The van der Waals surface area contributed by atoms with Crippen molar-refractivity contribution in [3.8, 4) is 0 Å². The van der Waals surface area contributed by atoms with Crippen molar-refractivity contribution in [3.63, 3.8) is 0 Å².